The number of hydrogen-bond donors (Lipinski definition) is 1. The monoisotopic (exact) mass is 367 g/mol. The normalized spacial score (nSPS) is 20.1. The number of hydrogen-bond acceptors (Lipinski definition) is 4. The summed E-state index contributed by atoms with van der Waals surface area (Å²) >= 11 is 4.94. The van der Waals surface area contributed by atoms with Crippen molar-refractivity contribution < 1.29 is 4.79 Å². The minimum atomic E-state index is 0.0600. The van der Waals surface area contributed by atoms with Gasteiger partial charge in [0.1, 0.15) is 4.88 Å². The van der Waals surface area contributed by atoms with Gasteiger partial charge in [0, 0.05) is 40.2 Å². The number of nitrogen functional groups attached to an aromatic ring is 1. The molecule has 1 unspecified atom stereocenters. The molecule has 6 heteroatoms. The number of carbonyl (C=O) groups excluding carboxylic acids is 1. The Balaban J connectivity index is 1.93. The lowest BCUT2D eigenvalue weighted by atomic mass is 10.2. The average Bonchev–Trinajstić information content (AvgIpc) is 2.78. The Kier molecular flexibility index (Phi) is 3.94. The molecule has 0 spiro atoms. The molecule has 4 nitrogen and oxygen atoms in total. The lowest BCUT2D eigenvalue weighted by molar-refractivity contribution is 0.0578. The van der Waals surface area contributed by atoms with E-state index in [1.165, 1.54) is 11.3 Å². The zero-order valence-corrected chi connectivity index (χ0v) is 14.5. The molecule has 0 bridgehead atoms. The molecule has 1 saturated heterocycles. The van der Waals surface area contributed by atoms with E-state index in [0.29, 0.717) is 16.6 Å². The quantitative estimate of drug-likeness (QED) is 0.842. The number of halogens is 1. The van der Waals surface area contributed by atoms with E-state index in [1.807, 2.05) is 23.1 Å². The Morgan fingerprint density at radius 3 is 2.90 bits per heavy atom. The first-order chi connectivity index (χ1) is 9.97. The number of anilines is 1. The van der Waals surface area contributed by atoms with Crippen LogP contribution in [0.2, 0.25) is 0 Å². The number of nitrogens with zero attached hydrogens (tertiary/aromatic N) is 2. The van der Waals surface area contributed by atoms with E-state index in [1.54, 1.807) is 0 Å². The highest BCUT2D eigenvalue weighted by atomic mass is 79.9. The number of benzene rings is 1. The van der Waals surface area contributed by atoms with Gasteiger partial charge in [-0.05, 0) is 32.2 Å². The smallest absolute Gasteiger partial charge is 0.266 e. The number of likely N-dealkylation sites (N-methyl/N-ethyl adjacent to an activating group) is 1. The Morgan fingerprint density at radius 1 is 1.43 bits per heavy atom. The zero-order chi connectivity index (χ0) is 15.1. The average molecular weight is 368 g/mol. The molecule has 1 aromatic carbocycles. The summed E-state index contributed by atoms with van der Waals surface area (Å²) in [5.41, 5.74) is 6.81. The van der Waals surface area contributed by atoms with Crippen molar-refractivity contribution in [1.82, 2.24) is 9.80 Å². The van der Waals surface area contributed by atoms with Crippen molar-refractivity contribution in [2.24, 2.45) is 0 Å². The first-order valence-corrected chi connectivity index (χ1v) is 8.55. The zero-order valence-electron chi connectivity index (χ0n) is 12.1. The predicted molar refractivity (Wildman–Crippen MR) is 91.9 cm³/mol. The number of rotatable bonds is 1. The highest BCUT2D eigenvalue weighted by molar-refractivity contribution is 9.10. The summed E-state index contributed by atoms with van der Waals surface area (Å²) in [5.74, 6) is 0.0600. The number of nitrogens with two attached hydrogens (primary N) is 1. The summed E-state index contributed by atoms with van der Waals surface area (Å²) in [6.45, 7) is 4.57. The summed E-state index contributed by atoms with van der Waals surface area (Å²) in [6.07, 6.45) is 0. The van der Waals surface area contributed by atoms with E-state index in [0.717, 1.165) is 34.2 Å². The van der Waals surface area contributed by atoms with E-state index in [2.05, 4.69) is 34.8 Å². The van der Waals surface area contributed by atoms with Gasteiger partial charge >= 0.3 is 0 Å². The third-order valence-electron chi connectivity index (χ3n) is 4.13. The van der Waals surface area contributed by atoms with Crippen LogP contribution in [0.1, 0.15) is 16.6 Å². The molecule has 1 aliphatic rings. The minimum Gasteiger partial charge on any atom is -0.397 e. The van der Waals surface area contributed by atoms with Crippen LogP contribution in [-0.4, -0.2) is 48.4 Å². The molecule has 1 aromatic heterocycles. The van der Waals surface area contributed by atoms with E-state index >= 15 is 0 Å². The number of thiophene rings is 1. The van der Waals surface area contributed by atoms with Crippen molar-refractivity contribution in [1.29, 1.82) is 0 Å². The second-order valence-corrected chi connectivity index (χ2v) is 7.53. The van der Waals surface area contributed by atoms with Crippen LogP contribution < -0.4 is 5.73 Å². The van der Waals surface area contributed by atoms with Gasteiger partial charge in [0.2, 0.25) is 0 Å². The number of amides is 1. The largest absolute Gasteiger partial charge is 0.397 e. The van der Waals surface area contributed by atoms with Crippen LogP contribution in [0.4, 0.5) is 5.69 Å². The third kappa shape index (κ3) is 2.67. The Morgan fingerprint density at radius 2 is 2.19 bits per heavy atom. The Hall–Kier alpha value is -1.11. The van der Waals surface area contributed by atoms with Crippen LogP contribution in [0.15, 0.2) is 22.7 Å². The summed E-state index contributed by atoms with van der Waals surface area (Å²) in [5, 5.41) is 0.958. The van der Waals surface area contributed by atoms with Crippen LogP contribution >= 0.6 is 27.3 Å². The van der Waals surface area contributed by atoms with E-state index in [-0.39, 0.29) is 5.91 Å². The highest BCUT2D eigenvalue weighted by Gasteiger charge is 2.27. The molecule has 1 fully saturated rings. The van der Waals surface area contributed by atoms with Gasteiger partial charge < -0.3 is 15.5 Å². The highest BCUT2D eigenvalue weighted by Crippen LogP contribution is 2.36. The van der Waals surface area contributed by atoms with Gasteiger partial charge in [0.15, 0.2) is 0 Å². The molecule has 1 atom stereocenters. The maximum absolute atomic E-state index is 12.8. The summed E-state index contributed by atoms with van der Waals surface area (Å²) < 4.78 is 2.04. The van der Waals surface area contributed by atoms with Gasteiger partial charge in [-0.15, -0.1) is 11.3 Å². The van der Waals surface area contributed by atoms with Crippen molar-refractivity contribution in [3.8, 4) is 0 Å². The van der Waals surface area contributed by atoms with E-state index < -0.39 is 0 Å². The second kappa shape index (κ2) is 5.59. The van der Waals surface area contributed by atoms with Crippen LogP contribution in [0.5, 0.6) is 0 Å². The molecular weight excluding hydrogens is 350 g/mol. The summed E-state index contributed by atoms with van der Waals surface area (Å²) in [4.78, 5) is 17.6. The summed E-state index contributed by atoms with van der Waals surface area (Å²) in [6, 6.07) is 6.34. The minimum absolute atomic E-state index is 0.0600. The topological polar surface area (TPSA) is 49.6 Å². The molecule has 1 amide bonds. The molecule has 0 aliphatic carbocycles. The molecular formula is C15H18BrN3OS. The predicted octanol–water partition coefficient (Wildman–Crippen LogP) is 3.02. The maximum Gasteiger partial charge on any atom is 0.266 e. The molecule has 2 aromatic rings. The fourth-order valence-corrected chi connectivity index (χ4v) is 4.06. The number of piperazine rings is 1. The molecule has 2 N–H and O–H groups in total. The summed E-state index contributed by atoms with van der Waals surface area (Å²) in [7, 11) is 2.10. The van der Waals surface area contributed by atoms with Gasteiger partial charge in [-0.25, -0.2) is 0 Å². The van der Waals surface area contributed by atoms with Gasteiger partial charge in [-0.2, -0.15) is 0 Å². The standard InChI is InChI=1S/C15H18BrN3OS/c1-9-8-19(6-5-18(9)2)15(20)14-13(17)11-7-10(16)3-4-12(11)21-14/h3-4,7,9H,5-6,8,17H2,1-2H3. The van der Waals surface area contributed by atoms with Gasteiger partial charge in [0.25, 0.3) is 5.91 Å². The van der Waals surface area contributed by atoms with Crippen LogP contribution in [0.3, 0.4) is 0 Å². The first-order valence-electron chi connectivity index (χ1n) is 6.94. The van der Waals surface area contributed by atoms with Crippen LogP contribution in [0.25, 0.3) is 10.1 Å². The number of carbonyl (C=O) groups is 1. The molecule has 1 aliphatic heterocycles. The lowest BCUT2D eigenvalue weighted by Gasteiger charge is -2.37. The van der Waals surface area contributed by atoms with Crippen molar-refractivity contribution in [2.75, 3.05) is 32.4 Å². The Bertz CT molecular complexity index is 700. The molecule has 3 rings (SSSR count). The molecule has 2 heterocycles. The fraction of sp³-hybridized carbons (Fsp3) is 0.400. The van der Waals surface area contributed by atoms with E-state index in [4.69, 9.17) is 5.73 Å². The van der Waals surface area contributed by atoms with Crippen molar-refractivity contribution in [3.63, 3.8) is 0 Å². The number of fused-ring (bicyclic) bond motifs is 1. The van der Waals surface area contributed by atoms with Crippen molar-refractivity contribution in [3.05, 3.63) is 27.5 Å². The van der Waals surface area contributed by atoms with Crippen molar-refractivity contribution >= 4 is 48.9 Å². The molecule has 0 saturated carbocycles. The maximum atomic E-state index is 12.8. The van der Waals surface area contributed by atoms with Gasteiger partial charge in [-0.3, -0.25) is 4.79 Å². The molecule has 112 valence electrons. The van der Waals surface area contributed by atoms with Crippen LogP contribution in [-0.2, 0) is 0 Å². The fourth-order valence-electron chi connectivity index (χ4n) is 2.62. The lowest BCUT2D eigenvalue weighted by Crippen LogP contribution is -2.51. The van der Waals surface area contributed by atoms with E-state index in [9.17, 15) is 4.79 Å². The molecule has 21 heavy (non-hydrogen) atoms. The third-order valence-corrected chi connectivity index (χ3v) is 5.80. The molecule has 0 radical (unpaired) electrons. The SMILES string of the molecule is CC1CN(C(=O)c2sc3ccc(Br)cc3c2N)CCN1C. The second-order valence-electron chi connectivity index (χ2n) is 5.57. The van der Waals surface area contributed by atoms with Crippen LogP contribution in [0, 0.1) is 0 Å². The first kappa shape index (κ1) is 14.8. The van der Waals surface area contributed by atoms with Gasteiger partial charge in [0.05, 0.1) is 5.69 Å². The van der Waals surface area contributed by atoms with Gasteiger partial charge in [-0.1, -0.05) is 15.9 Å². The van der Waals surface area contributed by atoms with Crippen molar-refractivity contribution in [2.45, 2.75) is 13.0 Å². The Labute approximate surface area is 136 Å².